The Kier molecular flexibility index (Phi) is 5.25. The largest absolute Gasteiger partial charge is 0.497 e. The number of methoxy groups -OCH3 is 1. The van der Waals surface area contributed by atoms with Crippen LogP contribution in [0, 0.1) is 0 Å². The summed E-state index contributed by atoms with van der Waals surface area (Å²) >= 11 is 0. The van der Waals surface area contributed by atoms with E-state index in [0.717, 1.165) is 37.2 Å². The molecule has 0 unspecified atom stereocenters. The van der Waals surface area contributed by atoms with Gasteiger partial charge in [0.15, 0.2) is 0 Å². The van der Waals surface area contributed by atoms with Gasteiger partial charge in [0.25, 0.3) is 0 Å². The number of hydrogen-bond donors (Lipinski definition) is 1. The van der Waals surface area contributed by atoms with Crippen LogP contribution < -0.4 is 9.47 Å². The molecule has 1 aliphatic heterocycles. The Morgan fingerprint density at radius 3 is 2.55 bits per heavy atom. The Labute approximate surface area is 130 Å². The minimum Gasteiger partial charge on any atom is -0.497 e. The molecule has 1 N–H and O–H groups in total. The lowest BCUT2D eigenvalue weighted by Gasteiger charge is -2.32. The highest BCUT2D eigenvalue weighted by Crippen LogP contribution is 2.36. The summed E-state index contributed by atoms with van der Waals surface area (Å²) in [7, 11) is 1.62. The second-order valence-corrected chi connectivity index (χ2v) is 5.41. The van der Waals surface area contributed by atoms with Gasteiger partial charge >= 0.3 is 0 Å². The van der Waals surface area contributed by atoms with Crippen molar-refractivity contribution in [2.45, 2.75) is 32.6 Å². The van der Waals surface area contributed by atoms with Crippen molar-refractivity contribution in [3.63, 3.8) is 0 Å². The van der Waals surface area contributed by atoms with E-state index in [1.54, 1.807) is 21.0 Å². The van der Waals surface area contributed by atoms with Crippen LogP contribution in [-0.2, 0) is 4.79 Å². The fourth-order valence-corrected chi connectivity index (χ4v) is 2.75. The number of oxime groups is 1. The molecule has 0 bridgehead atoms. The second-order valence-electron chi connectivity index (χ2n) is 5.41. The van der Waals surface area contributed by atoms with E-state index in [1.807, 2.05) is 23.1 Å². The minimum absolute atomic E-state index is 0.115. The van der Waals surface area contributed by atoms with E-state index in [-0.39, 0.29) is 17.7 Å². The molecule has 1 aromatic rings. The maximum atomic E-state index is 11.4. The smallest absolute Gasteiger partial charge is 0.228 e. The van der Waals surface area contributed by atoms with Gasteiger partial charge in [-0.1, -0.05) is 5.16 Å². The van der Waals surface area contributed by atoms with Gasteiger partial charge in [0.2, 0.25) is 11.8 Å². The number of hydrogen-bond acceptors (Lipinski definition) is 5. The number of rotatable bonds is 3. The van der Waals surface area contributed by atoms with Gasteiger partial charge in [-0.25, -0.2) is 0 Å². The average Bonchev–Trinajstić information content (AvgIpc) is 2.55. The molecule has 0 radical (unpaired) electrons. The summed E-state index contributed by atoms with van der Waals surface area (Å²) in [6, 6.07) is 5.59. The fraction of sp³-hybridized carbons (Fsp3) is 0.500. The third-order valence-electron chi connectivity index (χ3n) is 4.00. The highest BCUT2D eigenvalue weighted by atomic mass is 16.5. The monoisotopic (exact) mass is 306 g/mol. The van der Waals surface area contributed by atoms with Gasteiger partial charge < -0.3 is 19.6 Å². The average molecular weight is 306 g/mol. The summed E-state index contributed by atoms with van der Waals surface area (Å²) in [6.45, 7) is 4.67. The first-order valence-electron chi connectivity index (χ1n) is 7.35. The van der Waals surface area contributed by atoms with E-state index in [2.05, 4.69) is 5.16 Å². The van der Waals surface area contributed by atoms with Crippen LogP contribution in [0.2, 0.25) is 0 Å². The molecular formula is C16H22N2O4. The summed E-state index contributed by atoms with van der Waals surface area (Å²) in [5, 5.41) is 11.8. The van der Waals surface area contributed by atoms with Gasteiger partial charge in [-0.15, -0.1) is 0 Å². The van der Waals surface area contributed by atoms with Gasteiger partial charge in [0.05, 0.1) is 7.11 Å². The quantitative estimate of drug-likeness (QED) is 0.403. The van der Waals surface area contributed by atoms with Crippen molar-refractivity contribution in [1.82, 2.24) is 4.90 Å². The highest BCUT2D eigenvalue weighted by Gasteiger charge is 2.25. The second kappa shape index (κ2) is 7.15. The summed E-state index contributed by atoms with van der Waals surface area (Å²) in [5.74, 6) is 2.01. The standard InChI is InChI=1S/C16H22N2O4/c1-11(17-20)22-16-5-4-14(21-3)10-15(16)13-6-8-18(9-7-13)12(2)19/h4-5,10,13,20H,6-9H2,1-3H3. The van der Waals surface area contributed by atoms with Gasteiger partial charge in [0.1, 0.15) is 11.5 Å². The zero-order valence-corrected chi connectivity index (χ0v) is 13.2. The lowest BCUT2D eigenvalue weighted by Crippen LogP contribution is -2.36. The third kappa shape index (κ3) is 3.69. The topological polar surface area (TPSA) is 71.4 Å². The third-order valence-corrected chi connectivity index (χ3v) is 4.00. The molecule has 22 heavy (non-hydrogen) atoms. The lowest BCUT2D eigenvalue weighted by atomic mass is 9.88. The van der Waals surface area contributed by atoms with Crippen LogP contribution in [0.5, 0.6) is 11.5 Å². The molecule has 0 spiro atoms. The number of piperidine rings is 1. The van der Waals surface area contributed by atoms with Gasteiger partial charge in [0, 0.05) is 32.5 Å². The Balaban J connectivity index is 2.22. The number of carbonyl (C=O) groups is 1. The zero-order valence-electron chi connectivity index (χ0n) is 13.2. The molecule has 6 heteroatoms. The van der Waals surface area contributed by atoms with Crippen LogP contribution in [-0.4, -0.2) is 42.1 Å². The Hall–Kier alpha value is -2.24. The summed E-state index contributed by atoms with van der Waals surface area (Å²) < 4.78 is 10.9. The molecule has 0 aliphatic carbocycles. The fourth-order valence-electron chi connectivity index (χ4n) is 2.75. The molecular weight excluding hydrogens is 284 g/mol. The number of carbonyl (C=O) groups excluding carboxylic acids is 1. The zero-order chi connectivity index (χ0) is 16.1. The summed E-state index contributed by atoms with van der Waals surface area (Å²) in [5.41, 5.74) is 1.02. The van der Waals surface area contributed by atoms with Gasteiger partial charge in [-0.2, -0.15) is 0 Å². The molecule has 0 aromatic heterocycles. The van der Waals surface area contributed by atoms with Crippen molar-refractivity contribution >= 4 is 11.8 Å². The summed E-state index contributed by atoms with van der Waals surface area (Å²) in [6.07, 6.45) is 1.75. The van der Waals surface area contributed by atoms with Crippen LogP contribution in [0.1, 0.15) is 38.2 Å². The SMILES string of the molecule is COc1ccc(OC(C)=NO)c(C2CCN(C(C)=O)CC2)c1. The number of benzene rings is 1. The van der Waals surface area contributed by atoms with E-state index in [0.29, 0.717) is 5.75 Å². The van der Waals surface area contributed by atoms with Crippen molar-refractivity contribution in [2.75, 3.05) is 20.2 Å². The van der Waals surface area contributed by atoms with Crippen LogP contribution in [0.25, 0.3) is 0 Å². The Morgan fingerprint density at radius 1 is 1.32 bits per heavy atom. The maximum Gasteiger partial charge on any atom is 0.228 e. The van der Waals surface area contributed by atoms with Crippen molar-refractivity contribution in [3.8, 4) is 11.5 Å². The van der Waals surface area contributed by atoms with Crippen LogP contribution in [0.15, 0.2) is 23.4 Å². The Bertz CT molecular complexity index is 563. The maximum absolute atomic E-state index is 11.4. The van der Waals surface area contributed by atoms with Crippen molar-refractivity contribution in [2.24, 2.45) is 5.16 Å². The number of amides is 1. The van der Waals surface area contributed by atoms with E-state index in [9.17, 15) is 4.79 Å². The summed E-state index contributed by atoms with van der Waals surface area (Å²) in [4.78, 5) is 13.3. The molecule has 1 aliphatic rings. The molecule has 1 aromatic carbocycles. The van der Waals surface area contributed by atoms with Crippen molar-refractivity contribution in [3.05, 3.63) is 23.8 Å². The first-order valence-corrected chi connectivity index (χ1v) is 7.35. The van der Waals surface area contributed by atoms with E-state index in [4.69, 9.17) is 14.7 Å². The molecule has 120 valence electrons. The first kappa shape index (κ1) is 16.1. The molecule has 0 saturated carbocycles. The lowest BCUT2D eigenvalue weighted by molar-refractivity contribution is -0.129. The van der Waals surface area contributed by atoms with Crippen LogP contribution in [0.4, 0.5) is 0 Å². The van der Waals surface area contributed by atoms with E-state index >= 15 is 0 Å². The van der Waals surface area contributed by atoms with Gasteiger partial charge in [-0.3, -0.25) is 4.79 Å². The van der Waals surface area contributed by atoms with Crippen molar-refractivity contribution in [1.29, 1.82) is 0 Å². The van der Waals surface area contributed by atoms with E-state index < -0.39 is 0 Å². The number of likely N-dealkylation sites (tertiary alicyclic amines) is 1. The molecule has 1 saturated heterocycles. The molecule has 0 atom stereocenters. The predicted octanol–water partition coefficient (Wildman–Crippen LogP) is 2.61. The van der Waals surface area contributed by atoms with Gasteiger partial charge in [-0.05, 0) is 37.0 Å². The molecule has 1 fully saturated rings. The van der Waals surface area contributed by atoms with Crippen molar-refractivity contribution < 1.29 is 19.5 Å². The van der Waals surface area contributed by atoms with Crippen LogP contribution in [0.3, 0.4) is 0 Å². The van der Waals surface area contributed by atoms with Crippen LogP contribution >= 0.6 is 0 Å². The normalized spacial score (nSPS) is 16.5. The molecule has 6 nitrogen and oxygen atoms in total. The predicted molar refractivity (Wildman–Crippen MR) is 82.7 cm³/mol. The highest BCUT2D eigenvalue weighted by molar-refractivity contribution is 5.75. The van der Waals surface area contributed by atoms with E-state index in [1.165, 1.54) is 0 Å². The molecule has 1 heterocycles. The minimum atomic E-state index is 0.115. The first-order chi connectivity index (χ1) is 10.5. The number of nitrogens with zero attached hydrogens (tertiary/aromatic N) is 2. The molecule has 1 amide bonds. The molecule has 2 rings (SSSR count). The number of ether oxygens (including phenoxy) is 2. The Morgan fingerprint density at radius 2 is 2.00 bits per heavy atom.